The average molecular weight is 451 g/mol. The normalized spacial score (nSPS) is 19.7. The molecule has 0 spiro atoms. The summed E-state index contributed by atoms with van der Waals surface area (Å²) in [5.74, 6) is -4.50. The van der Waals surface area contributed by atoms with Crippen LogP contribution in [0.2, 0.25) is 0 Å². The Morgan fingerprint density at radius 1 is 1.28 bits per heavy atom. The van der Waals surface area contributed by atoms with E-state index in [9.17, 15) is 39.5 Å². The minimum atomic E-state index is -1.60. The maximum absolute atomic E-state index is 12.8. The highest BCUT2D eigenvalue weighted by molar-refractivity contribution is 5.91. The number of hydrogen-bond donors (Lipinski definition) is 3. The number of nitrogens with zero attached hydrogens (tertiary/aromatic N) is 2. The highest BCUT2D eigenvalue weighted by Gasteiger charge is 2.41. The molecule has 2 amide bonds. The van der Waals surface area contributed by atoms with E-state index < -0.39 is 59.2 Å². The fraction of sp³-hybridized carbons (Fsp3) is 0.500. The molecule has 12 heteroatoms. The van der Waals surface area contributed by atoms with Crippen molar-refractivity contribution in [2.45, 2.75) is 50.8 Å². The molecule has 0 bridgehead atoms. The second-order valence-corrected chi connectivity index (χ2v) is 7.37. The Bertz CT molecular complexity index is 887. The maximum atomic E-state index is 12.8. The van der Waals surface area contributed by atoms with Crippen LogP contribution in [0.1, 0.15) is 38.2 Å². The predicted octanol–water partition coefficient (Wildman–Crippen LogP) is 0.183. The summed E-state index contributed by atoms with van der Waals surface area (Å²) in [6, 6.07) is 2.29. The number of nitro groups is 1. The smallest absolute Gasteiger partial charge is 0.326 e. The van der Waals surface area contributed by atoms with Crippen LogP contribution >= 0.6 is 0 Å². The number of nitrogens with one attached hydrogen (secondary N) is 1. The number of amides is 2. The number of carboxylic acids is 1. The van der Waals surface area contributed by atoms with Crippen LogP contribution < -0.4 is 5.32 Å². The molecule has 32 heavy (non-hydrogen) atoms. The van der Waals surface area contributed by atoms with Gasteiger partial charge in [0.05, 0.1) is 24.1 Å². The number of carboxylic acid groups (broad SMARTS) is 1. The largest absolute Gasteiger partial charge is 0.480 e. The fourth-order valence-electron chi connectivity index (χ4n) is 3.67. The molecule has 4 atom stereocenters. The van der Waals surface area contributed by atoms with Crippen molar-refractivity contribution in [3.05, 3.63) is 39.9 Å². The summed E-state index contributed by atoms with van der Waals surface area (Å²) in [4.78, 5) is 60.2. The third-order valence-corrected chi connectivity index (χ3v) is 5.18. The number of benzene rings is 1. The van der Waals surface area contributed by atoms with E-state index in [1.165, 1.54) is 31.2 Å². The zero-order valence-electron chi connectivity index (χ0n) is 17.6. The van der Waals surface area contributed by atoms with Gasteiger partial charge >= 0.3 is 11.9 Å². The number of non-ortho nitro benzene ring substituents is 1. The van der Waals surface area contributed by atoms with Crippen molar-refractivity contribution in [2.24, 2.45) is 0 Å². The molecule has 174 valence electrons. The fourth-order valence-corrected chi connectivity index (χ4v) is 3.67. The van der Waals surface area contributed by atoms with E-state index in [1.807, 2.05) is 0 Å². The van der Waals surface area contributed by atoms with Gasteiger partial charge in [0, 0.05) is 37.9 Å². The number of β-amino-alcohol motifs (C(OH)–C–C–N with tert-alkyl or cyclic N) is 1. The van der Waals surface area contributed by atoms with E-state index >= 15 is 0 Å². The first-order valence-electron chi connectivity index (χ1n) is 9.93. The van der Waals surface area contributed by atoms with Gasteiger partial charge in [0.15, 0.2) is 0 Å². The van der Waals surface area contributed by atoms with Gasteiger partial charge in [-0.15, -0.1) is 0 Å². The Morgan fingerprint density at radius 2 is 1.91 bits per heavy atom. The number of aliphatic hydroxyl groups is 1. The van der Waals surface area contributed by atoms with Gasteiger partial charge in [0.2, 0.25) is 11.8 Å². The van der Waals surface area contributed by atoms with E-state index in [4.69, 9.17) is 4.74 Å². The molecule has 3 N–H and O–H groups in total. The Hall–Kier alpha value is -3.54. The molecule has 1 aromatic carbocycles. The number of hydrogen-bond acceptors (Lipinski definition) is 8. The SMILES string of the molecule is CCOC(=O)C[C@@H](c1ccc([N+](=O)[O-])cc1)[C@H](NC(=O)[C@@H]1C[C@@H](O)CN1C(C)=O)C(=O)O. The highest BCUT2D eigenvalue weighted by Crippen LogP contribution is 2.28. The first-order chi connectivity index (χ1) is 15.0. The molecule has 1 heterocycles. The average Bonchev–Trinajstić information content (AvgIpc) is 3.12. The second kappa shape index (κ2) is 10.7. The van der Waals surface area contributed by atoms with Gasteiger partial charge in [-0.2, -0.15) is 0 Å². The molecule has 12 nitrogen and oxygen atoms in total. The first-order valence-corrected chi connectivity index (χ1v) is 9.93. The van der Waals surface area contributed by atoms with Crippen molar-refractivity contribution in [3.8, 4) is 0 Å². The van der Waals surface area contributed by atoms with E-state index in [2.05, 4.69) is 5.32 Å². The van der Waals surface area contributed by atoms with Crippen LogP contribution in [0.25, 0.3) is 0 Å². The van der Waals surface area contributed by atoms with Gasteiger partial charge in [0.1, 0.15) is 12.1 Å². The number of rotatable bonds is 9. The van der Waals surface area contributed by atoms with Crippen LogP contribution in [0, 0.1) is 10.1 Å². The molecule has 1 aliphatic heterocycles. The van der Waals surface area contributed by atoms with Gasteiger partial charge in [-0.3, -0.25) is 24.5 Å². The van der Waals surface area contributed by atoms with E-state index in [-0.39, 0.29) is 30.8 Å². The van der Waals surface area contributed by atoms with Crippen LogP contribution in [-0.2, 0) is 23.9 Å². The van der Waals surface area contributed by atoms with Crippen molar-refractivity contribution >= 4 is 29.4 Å². The van der Waals surface area contributed by atoms with Crippen LogP contribution in [0.5, 0.6) is 0 Å². The molecule has 2 rings (SSSR count). The molecule has 1 fully saturated rings. The molecule has 0 aliphatic carbocycles. The van der Waals surface area contributed by atoms with Crippen molar-refractivity contribution in [1.82, 2.24) is 10.2 Å². The predicted molar refractivity (Wildman–Crippen MR) is 108 cm³/mol. The highest BCUT2D eigenvalue weighted by atomic mass is 16.6. The van der Waals surface area contributed by atoms with Crippen LogP contribution in [0.3, 0.4) is 0 Å². The minimum absolute atomic E-state index is 0.0558. The quantitative estimate of drug-likeness (QED) is 0.268. The second-order valence-electron chi connectivity index (χ2n) is 7.37. The minimum Gasteiger partial charge on any atom is -0.480 e. The zero-order chi connectivity index (χ0) is 24.0. The van der Waals surface area contributed by atoms with E-state index in [1.54, 1.807) is 6.92 Å². The maximum Gasteiger partial charge on any atom is 0.326 e. The number of carbonyl (C=O) groups is 4. The lowest BCUT2D eigenvalue weighted by Crippen LogP contribution is -2.52. The number of aliphatic hydroxyl groups excluding tert-OH is 1. The number of carbonyl (C=O) groups excluding carboxylic acids is 3. The number of esters is 1. The Morgan fingerprint density at radius 3 is 2.41 bits per heavy atom. The molecular weight excluding hydrogens is 426 g/mol. The topological polar surface area (TPSA) is 176 Å². The number of aliphatic carboxylic acids is 1. The Balaban J connectivity index is 2.35. The third kappa shape index (κ3) is 6.00. The summed E-state index contributed by atoms with van der Waals surface area (Å²) in [6.07, 6.45) is -1.40. The number of likely N-dealkylation sites (tertiary alicyclic amines) is 1. The summed E-state index contributed by atoms with van der Waals surface area (Å²) in [5.41, 5.74) is 0.0443. The van der Waals surface area contributed by atoms with E-state index in [0.717, 1.165) is 4.90 Å². The monoisotopic (exact) mass is 451 g/mol. The molecule has 0 radical (unpaired) electrons. The van der Waals surface area contributed by atoms with Gasteiger partial charge in [-0.25, -0.2) is 4.79 Å². The lowest BCUT2D eigenvalue weighted by Gasteiger charge is -2.28. The van der Waals surface area contributed by atoms with Gasteiger partial charge in [-0.05, 0) is 12.5 Å². The standard InChI is InChI=1S/C20H25N3O9/c1-3-32-17(26)9-15(12-4-6-13(7-5-12)23(30)31)18(20(28)29)21-19(27)16-8-14(25)10-22(16)11(2)24/h4-7,14-16,18,25H,3,8-10H2,1-2H3,(H,21,27)(H,28,29)/t14-,15+,16+,18+/m1/s1. The molecule has 1 saturated heterocycles. The van der Waals surface area contributed by atoms with Crippen molar-refractivity contribution < 1.29 is 39.1 Å². The molecule has 0 aromatic heterocycles. The Kier molecular flexibility index (Phi) is 8.24. The summed E-state index contributed by atoms with van der Waals surface area (Å²) in [6.45, 7) is 2.81. The van der Waals surface area contributed by atoms with Gasteiger partial charge in [0.25, 0.3) is 5.69 Å². The van der Waals surface area contributed by atoms with Crippen LogP contribution in [-0.4, -0.2) is 75.1 Å². The molecular formula is C20H25N3O9. The lowest BCUT2D eigenvalue weighted by atomic mass is 9.88. The summed E-state index contributed by atoms with van der Waals surface area (Å²) in [7, 11) is 0. The molecule has 1 aliphatic rings. The molecule has 0 unspecified atom stereocenters. The number of nitro benzene ring substituents is 1. The van der Waals surface area contributed by atoms with Crippen LogP contribution in [0.4, 0.5) is 5.69 Å². The number of ether oxygens (including phenoxy) is 1. The van der Waals surface area contributed by atoms with Crippen molar-refractivity contribution in [1.29, 1.82) is 0 Å². The summed E-state index contributed by atoms with van der Waals surface area (Å²) < 4.78 is 4.91. The zero-order valence-corrected chi connectivity index (χ0v) is 17.6. The van der Waals surface area contributed by atoms with Gasteiger partial charge in [-0.1, -0.05) is 12.1 Å². The lowest BCUT2D eigenvalue weighted by molar-refractivity contribution is -0.384. The third-order valence-electron chi connectivity index (χ3n) is 5.18. The van der Waals surface area contributed by atoms with Crippen molar-refractivity contribution in [3.63, 3.8) is 0 Å². The van der Waals surface area contributed by atoms with E-state index in [0.29, 0.717) is 0 Å². The van der Waals surface area contributed by atoms with Crippen LogP contribution in [0.15, 0.2) is 24.3 Å². The van der Waals surface area contributed by atoms with Crippen molar-refractivity contribution in [2.75, 3.05) is 13.2 Å². The summed E-state index contributed by atoms with van der Waals surface area (Å²) in [5, 5.41) is 32.9. The first kappa shape index (κ1) is 24.7. The van der Waals surface area contributed by atoms with Gasteiger partial charge < -0.3 is 25.2 Å². The molecule has 1 aromatic rings. The summed E-state index contributed by atoms with van der Waals surface area (Å²) >= 11 is 0. The molecule has 0 saturated carbocycles. The Labute approximate surface area is 183 Å².